The molecule has 0 aliphatic carbocycles. The number of hydrogen-bond acceptors (Lipinski definition) is 2. The number of nitrogens with one attached hydrogen (secondary N) is 1. The molecule has 1 aromatic carbocycles. The molecule has 0 aromatic heterocycles. The third kappa shape index (κ3) is 5.64. The maximum absolute atomic E-state index is 12.0. The number of aliphatic hydroxyl groups excluding tert-OH is 1. The van der Waals surface area contributed by atoms with Gasteiger partial charge in [0.2, 0.25) is 5.91 Å². The molecular weight excluding hydrogens is 283 g/mol. The largest absolute Gasteiger partial charge is 0.397 e. The molecule has 0 aliphatic heterocycles. The van der Waals surface area contributed by atoms with Gasteiger partial charge in [-0.25, -0.2) is 0 Å². The predicted molar refractivity (Wildman–Crippen MR) is 64.7 cm³/mol. The fourth-order valence-electron chi connectivity index (χ4n) is 1.22. The van der Waals surface area contributed by atoms with Gasteiger partial charge in [-0.1, -0.05) is 23.4 Å². The highest BCUT2D eigenvalue weighted by Gasteiger charge is 2.31. The van der Waals surface area contributed by atoms with Crippen LogP contribution in [0.25, 0.3) is 0 Å². The van der Waals surface area contributed by atoms with Crippen LogP contribution in [-0.4, -0.2) is 23.8 Å². The number of carbonyl (C=O) groups is 1. The average Bonchev–Trinajstić information content (AvgIpc) is 2.27. The molecule has 1 aromatic rings. The van der Waals surface area contributed by atoms with Gasteiger partial charge in [-0.15, -0.1) is 0 Å². The molecule has 1 rings (SSSR count). The van der Waals surface area contributed by atoms with Crippen molar-refractivity contribution in [1.29, 1.82) is 0 Å². The summed E-state index contributed by atoms with van der Waals surface area (Å²) in [6.07, 6.45) is -6.17. The van der Waals surface area contributed by atoms with Gasteiger partial charge in [-0.05, 0) is 18.2 Å². The Morgan fingerprint density at radius 2 is 2.11 bits per heavy atom. The number of aliphatic hydroxyl groups is 1. The summed E-state index contributed by atoms with van der Waals surface area (Å²) in [5.74, 6) is 3.72. The van der Waals surface area contributed by atoms with E-state index in [4.69, 9.17) is 16.7 Å². The lowest BCUT2D eigenvalue weighted by molar-refractivity contribution is -0.150. The summed E-state index contributed by atoms with van der Waals surface area (Å²) in [6, 6.07) is 4.25. The highest BCUT2D eigenvalue weighted by atomic mass is 35.5. The van der Waals surface area contributed by atoms with E-state index >= 15 is 0 Å². The first-order valence-electron chi connectivity index (χ1n) is 5.07. The van der Waals surface area contributed by atoms with E-state index in [9.17, 15) is 18.0 Å². The third-order valence-corrected chi connectivity index (χ3v) is 2.24. The standard InChI is InChI=1S/C12H9ClF3NO2/c13-9-4-3-8(2-1-5-18)6-10(9)17-11(19)7-12(14,15)16/h3-4,6,18H,5,7H2,(H,17,19). The number of anilines is 1. The second kappa shape index (κ2) is 6.45. The zero-order valence-corrected chi connectivity index (χ0v) is 10.3. The van der Waals surface area contributed by atoms with Gasteiger partial charge in [0.1, 0.15) is 13.0 Å². The molecule has 0 unspecified atom stereocenters. The Labute approximate surface area is 112 Å². The number of halogens is 4. The van der Waals surface area contributed by atoms with Crippen LogP contribution in [0.15, 0.2) is 18.2 Å². The molecule has 0 saturated carbocycles. The number of amides is 1. The van der Waals surface area contributed by atoms with Crippen molar-refractivity contribution in [3.63, 3.8) is 0 Å². The van der Waals surface area contributed by atoms with Crippen molar-refractivity contribution < 1.29 is 23.1 Å². The molecule has 102 valence electrons. The van der Waals surface area contributed by atoms with E-state index in [1.165, 1.54) is 18.2 Å². The van der Waals surface area contributed by atoms with Gasteiger partial charge >= 0.3 is 6.18 Å². The smallest absolute Gasteiger partial charge is 0.384 e. The molecule has 0 radical (unpaired) electrons. The van der Waals surface area contributed by atoms with E-state index in [-0.39, 0.29) is 17.3 Å². The minimum absolute atomic E-state index is 0.0423. The van der Waals surface area contributed by atoms with E-state index < -0.39 is 18.5 Å². The van der Waals surface area contributed by atoms with Gasteiger partial charge in [-0.3, -0.25) is 4.79 Å². The Hall–Kier alpha value is -1.71. The summed E-state index contributed by atoms with van der Waals surface area (Å²) >= 11 is 5.75. The number of hydrogen-bond donors (Lipinski definition) is 2. The summed E-state index contributed by atoms with van der Waals surface area (Å²) in [5.41, 5.74) is 0.460. The molecule has 2 N–H and O–H groups in total. The van der Waals surface area contributed by atoms with Crippen LogP contribution in [0.2, 0.25) is 5.02 Å². The van der Waals surface area contributed by atoms with Crippen molar-refractivity contribution in [1.82, 2.24) is 0 Å². The first-order valence-corrected chi connectivity index (χ1v) is 5.45. The minimum atomic E-state index is -4.58. The highest BCUT2D eigenvalue weighted by molar-refractivity contribution is 6.33. The molecule has 1 amide bonds. The minimum Gasteiger partial charge on any atom is -0.384 e. The number of rotatable bonds is 2. The molecule has 0 atom stereocenters. The lowest BCUT2D eigenvalue weighted by Gasteiger charge is -2.09. The quantitative estimate of drug-likeness (QED) is 0.823. The molecule has 7 heteroatoms. The fraction of sp³-hybridized carbons (Fsp3) is 0.250. The second-order valence-corrected chi connectivity index (χ2v) is 3.90. The number of alkyl halides is 3. The molecule has 0 spiro atoms. The predicted octanol–water partition coefficient (Wildman–Crippen LogP) is 2.57. The SMILES string of the molecule is O=C(CC(F)(F)F)Nc1cc(C#CCO)ccc1Cl. The summed E-state index contributed by atoms with van der Waals surface area (Å²) in [5, 5.41) is 10.7. The van der Waals surface area contributed by atoms with Gasteiger partial charge in [0, 0.05) is 5.56 Å². The maximum atomic E-state index is 12.0. The molecule has 0 bridgehead atoms. The van der Waals surface area contributed by atoms with Gasteiger partial charge in [-0.2, -0.15) is 13.2 Å². The summed E-state index contributed by atoms with van der Waals surface area (Å²) < 4.78 is 36.0. The van der Waals surface area contributed by atoms with Crippen LogP contribution >= 0.6 is 11.6 Å². The molecule has 0 saturated heterocycles. The molecule has 19 heavy (non-hydrogen) atoms. The summed E-state index contributed by atoms with van der Waals surface area (Å²) in [4.78, 5) is 11.1. The Balaban J connectivity index is 2.85. The van der Waals surface area contributed by atoms with Gasteiger partial charge in [0.15, 0.2) is 0 Å². The monoisotopic (exact) mass is 291 g/mol. The van der Waals surface area contributed by atoms with Crippen LogP contribution in [0.5, 0.6) is 0 Å². The van der Waals surface area contributed by atoms with Crippen LogP contribution in [0.4, 0.5) is 18.9 Å². The third-order valence-electron chi connectivity index (χ3n) is 1.91. The Morgan fingerprint density at radius 1 is 1.42 bits per heavy atom. The van der Waals surface area contributed by atoms with Crippen molar-refractivity contribution in [2.75, 3.05) is 11.9 Å². The molecule has 0 fully saturated rings. The fourth-order valence-corrected chi connectivity index (χ4v) is 1.38. The number of benzene rings is 1. The first kappa shape index (κ1) is 15.3. The summed E-state index contributed by atoms with van der Waals surface area (Å²) in [6.45, 7) is -0.349. The van der Waals surface area contributed by atoms with Crippen molar-refractivity contribution in [3.05, 3.63) is 28.8 Å². The van der Waals surface area contributed by atoms with Crippen molar-refractivity contribution in [3.8, 4) is 11.8 Å². The average molecular weight is 292 g/mol. The van der Waals surface area contributed by atoms with Crippen LogP contribution in [-0.2, 0) is 4.79 Å². The second-order valence-electron chi connectivity index (χ2n) is 3.49. The Morgan fingerprint density at radius 3 is 2.68 bits per heavy atom. The topological polar surface area (TPSA) is 49.3 Å². The molecule has 0 aliphatic rings. The van der Waals surface area contributed by atoms with Crippen LogP contribution in [0.1, 0.15) is 12.0 Å². The van der Waals surface area contributed by atoms with Gasteiger partial charge in [0.05, 0.1) is 10.7 Å². The summed E-state index contributed by atoms with van der Waals surface area (Å²) in [7, 11) is 0. The molecule has 3 nitrogen and oxygen atoms in total. The van der Waals surface area contributed by atoms with E-state index in [2.05, 4.69) is 17.2 Å². The van der Waals surface area contributed by atoms with Crippen molar-refractivity contribution >= 4 is 23.2 Å². The Bertz CT molecular complexity index is 532. The first-order chi connectivity index (χ1) is 8.81. The normalized spacial score (nSPS) is 10.6. The Kier molecular flexibility index (Phi) is 5.21. The zero-order chi connectivity index (χ0) is 14.5. The lowest BCUT2D eigenvalue weighted by Crippen LogP contribution is -2.21. The van der Waals surface area contributed by atoms with E-state index in [0.717, 1.165) is 0 Å². The van der Waals surface area contributed by atoms with Crippen LogP contribution < -0.4 is 5.32 Å². The van der Waals surface area contributed by atoms with Gasteiger partial charge < -0.3 is 10.4 Å². The molecule has 0 heterocycles. The van der Waals surface area contributed by atoms with E-state index in [0.29, 0.717) is 5.56 Å². The van der Waals surface area contributed by atoms with Crippen LogP contribution in [0.3, 0.4) is 0 Å². The number of carbonyl (C=O) groups excluding carboxylic acids is 1. The lowest BCUT2D eigenvalue weighted by atomic mass is 10.2. The highest BCUT2D eigenvalue weighted by Crippen LogP contribution is 2.25. The maximum Gasteiger partial charge on any atom is 0.397 e. The zero-order valence-electron chi connectivity index (χ0n) is 9.51. The van der Waals surface area contributed by atoms with Crippen molar-refractivity contribution in [2.24, 2.45) is 0 Å². The van der Waals surface area contributed by atoms with Crippen LogP contribution in [0, 0.1) is 11.8 Å². The van der Waals surface area contributed by atoms with E-state index in [1.54, 1.807) is 0 Å². The van der Waals surface area contributed by atoms with Crippen molar-refractivity contribution in [2.45, 2.75) is 12.6 Å². The molecular formula is C12H9ClF3NO2. The van der Waals surface area contributed by atoms with Gasteiger partial charge in [0.25, 0.3) is 0 Å². The van der Waals surface area contributed by atoms with E-state index in [1.807, 2.05) is 0 Å².